The Hall–Kier alpha value is -1.85. The van der Waals surface area contributed by atoms with E-state index in [1.807, 2.05) is 33.9 Å². The second-order valence-electron chi connectivity index (χ2n) is 6.38. The monoisotopic (exact) mass is 293 g/mol. The van der Waals surface area contributed by atoms with Gasteiger partial charge >= 0.3 is 0 Å². The number of carbonyl (C=O) groups is 1. The van der Waals surface area contributed by atoms with Crippen LogP contribution in [0.25, 0.3) is 0 Å². The van der Waals surface area contributed by atoms with Crippen molar-refractivity contribution >= 4 is 17.5 Å². The summed E-state index contributed by atoms with van der Waals surface area (Å²) in [6.07, 6.45) is 0.410. The molecule has 6 nitrogen and oxygen atoms in total. The minimum atomic E-state index is -0.198. The average Bonchev–Trinajstić information content (AvgIpc) is 2.36. The van der Waals surface area contributed by atoms with Crippen molar-refractivity contribution in [2.45, 2.75) is 52.5 Å². The molecule has 1 heterocycles. The maximum absolute atomic E-state index is 11.8. The fourth-order valence-electron chi connectivity index (χ4n) is 1.73. The second-order valence-corrected chi connectivity index (χ2v) is 6.38. The number of carbonyl (C=O) groups excluding carboxylic acids is 1. The summed E-state index contributed by atoms with van der Waals surface area (Å²) in [6, 6.07) is 1.84. The van der Waals surface area contributed by atoms with Crippen LogP contribution in [0.15, 0.2) is 6.07 Å². The van der Waals surface area contributed by atoms with Gasteiger partial charge in [-0.2, -0.15) is 0 Å². The highest BCUT2D eigenvalue weighted by Gasteiger charge is 2.13. The van der Waals surface area contributed by atoms with Crippen LogP contribution in [0.3, 0.4) is 0 Å². The number of rotatable bonds is 6. The number of anilines is 2. The Morgan fingerprint density at radius 2 is 1.86 bits per heavy atom. The first-order valence-electron chi connectivity index (χ1n) is 7.33. The zero-order valence-corrected chi connectivity index (χ0v) is 13.9. The highest BCUT2D eigenvalue weighted by Crippen LogP contribution is 2.16. The maximum atomic E-state index is 11.8. The number of nitrogens with one attached hydrogen (secondary N) is 3. The second kappa shape index (κ2) is 7.24. The van der Waals surface area contributed by atoms with Gasteiger partial charge in [0, 0.05) is 37.5 Å². The summed E-state index contributed by atoms with van der Waals surface area (Å²) in [6.45, 7) is 10.6. The van der Waals surface area contributed by atoms with Crippen LogP contribution in [0.1, 0.15) is 52.8 Å². The summed E-state index contributed by atoms with van der Waals surface area (Å²) < 4.78 is 0. The fourth-order valence-corrected chi connectivity index (χ4v) is 1.73. The third-order valence-electron chi connectivity index (χ3n) is 2.69. The van der Waals surface area contributed by atoms with Crippen LogP contribution in [-0.4, -0.2) is 35.0 Å². The summed E-state index contributed by atoms with van der Waals surface area (Å²) in [5.41, 5.74) is -0.198. The van der Waals surface area contributed by atoms with E-state index in [0.717, 1.165) is 17.5 Å². The lowest BCUT2D eigenvalue weighted by atomic mass is 10.1. The highest BCUT2D eigenvalue weighted by atomic mass is 16.1. The van der Waals surface area contributed by atoms with E-state index in [-0.39, 0.29) is 17.4 Å². The molecule has 0 aliphatic carbocycles. The van der Waals surface area contributed by atoms with Crippen molar-refractivity contribution in [2.24, 2.45) is 0 Å². The zero-order chi connectivity index (χ0) is 16.0. The molecule has 0 aliphatic heterocycles. The van der Waals surface area contributed by atoms with E-state index in [1.165, 1.54) is 0 Å². The molecule has 1 amide bonds. The molecule has 0 saturated carbocycles. The van der Waals surface area contributed by atoms with Gasteiger partial charge in [0.25, 0.3) is 0 Å². The Kier molecular flexibility index (Phi) is 5.93. The largest absolute Gasteiger partial charge is 0.373 e. The molecule has 0 aromatic carbocycles. The molecule has 3 N–H and O–H groups in total. The van der Waals surface area contributed by atoms with Gasteiger partial charge in [0.2, 0.25) is 5.91 Å². The van der Waals surface area contributed by atoms with Gasteiger partial charge in [0.05, 0.1) is 0 Å². The van der Waals surface area contributed by atoms with Crippen LogP contribution in [0.5, 0.6) is 0 Å². The molecule has 1 aromatic heterocycles. The number of hydrogen-bond donors (Lipinski definition) is 3. The molecule has 1 aromatic rings. The van der Waals surface area contributed by atoms with Gasteiger partial charge in [-0.3, -0.25) is 4.79 Å². The predicted molar refractivity (Wildman–Crippen MR) is 86.7 cm³/mol. The molecule has 0 radical (unpaired) electrons. The van der Waals surface area contributed by atoms with Crippen LogP contribution in [-0.2, 0) is 4.79 Å². The quantitative estimate of drug-likeness (QED) is 0.750. The summed E-state index contributed by atoms with van der Waals surface area (Å²) in [5.74, 6) is 2.57. The van der Waals surface area contributed by atoms with Crippen molar-refractivity contribution in [3.05, 3.63) is 11.9 Å². The summed E-state index contributed by atoms with van der Waals surface area (Å²) in [7, 11) is 1.83. The Bertz CT molecular complexity index is 479. The van der Waals surface area contributed by atoms with E-state index in [0.29, 0.717) is 13.0 Å². The molecule has 0 saturated heterocycles. The van der Waals surface area contributed by atoms with Crippen LogP contribution in [0, 0.1) is 0 Å². The van der Waals surface area contributed by atoms with E-state index < -0.39 is 0 Å². The topological polar surface area (TPSA) is 78.9 Å². The molecular weight excluding hydrogens is 266 g/mol. The van der Waals surface area contributed by atoms with Gasteiger partial charge in [0.15, 0.2) is 0 Å². The molecule has 0 spiro atoms. The first-order chi connectivity index (χ1) is 9.71. The number of amides is 1. The van der Waals surface area contributed by atoms with Crippen LogP contribution in [0.4, 0.5) is 11.6 Å². The van der Waals surface area contributed by atoms with Gasteiger partial charge in [-0.05, 0) is 20.8 Å². The van der Waals surface area contributed by atoms with Gasteiger partial charge in [-0.1, -0.05) is 13.8 Å². The van der Waals surface area contributed by atoms with E-state index in [9.17, 15) is 4.79 Å². The summed E-state index contributed by atoms with van der Waals surface area (Å²) >= 11 is 0. The fraction of sp³-hybridized carbons (Fsp3) is 0.667. The lowest BCUT2D eigenvalue weighted by Gasteiger charge is -2.20. The van der Waals surface area contributed by atoms with E-state index >= 15 is 0 Å². The Labute approximate surface area is 127 Å². The number of hydrogen-bond acceptors (Lipinski definition) is 5. The Balaban J connectivity index is 2.59. The van der Waals surface area contributed by atoms with Crippen molar-refractivity contribution in [1.29, 1.82) is 0 Å². The standard InChI is InChI=1S/C15H27N5O/c1-10(2)14-18-11(16-6)9-12(19-14)17-8-7-13(21)20-15(3,4)5/h9-10H,7-8H2,1-6H3,(H,20,21)(H2,16,17,18,19). The SMILES string of the molecule is CNc1cc(NCCC(=O)NC(C)(C)C)nc(C(C)C)n1. The maximum Gasteiger partial charge on any atom is 0.222 e. The highest BCUT2D eigenvalue weighted by molar-refractivity contribution is 5.77. The molecule has 0 fully saturated rings. The van der Waals surface area contributed by atoms with E-state index in [1.54, 1.807) is 0 Å². The molecule has 0 aliphatic rings. The van der Waals surface area contributed by atoms with Crippen molar-refractivity contribution in [1.82, 2.24) is 15.3 Å². The smallest absolute Gasteiger partial charge is 0.222 e. The van der Waals surface area contributed by atoms with Gasteiger partial charge in [-0.15, -0.1) is 0 Å². The molecule has 118 valence electrons. The molecule has 0 unspecified atom stereocenters. The lowest BCUT2D eigenvalue weighted by molar-refractivity contribution is -0.122. The Morgan fingerprint density at radius 1 is 1.24 bits per heavy atom. The summed E-state index contributed by atoms with van der Waals surface area (Å²) in [5, 5.41) is 9.14. The van der Waals surface area contributed by atoms with Crippen molar-refractivity contribution < 1.29 is 4.79 Å². The third kappa shape index (κ3) is 6.42. The van der Waals surface area contributed by atoms with Gasteiger partial charge in [0.1, 0.15) is 17.5 Å². The van der Waals surface area contributed by atoms with Crippen LogP contribution < -0.4 is 16.0 Å². The van der Waals surface area contributed by atoms with Crippen LogP contribution in [0.2, 0.25) is 0 Å². The molecule has 0 atom stereocenters. The first-order valence-corrected chi connectivity index (χ1v) is 7.33. The summed E-state index contributed by atoms with van der Waals surface area (Å²) in [4.78, 5) is 20.6. The van der Waals surface area contributed by atoms with Gasteiger partial charge in [-0.25, -0.2) is 9.97 Å². The van der Waals surface area contributed by atoms with E-state index in [4.69, 9.17) is 0 Å². The predicted octanol–water partition coefficient (Wildman–Crippen LogP) is 2.36. The molecule has 1 rings (SSSR count). The number of aromatic nitrogens is 2. The first kappa shape index (κ1) is 17.2. The van der Waals surface area contributed by atoms with Crippen molar-refractivity contribution in [2.75, 3.05) is 24.2 Å². The minimum Gasteiger partial charge on any atom is -0.373 e. The molecular formula is C15H27N5O. The van der Waals surface area contributed by atoms with E-state index in [2.05, 4.69) is 39.8 Å². The lowest BCUT2D eigenvalue weighted by Crippen LogP contribution is -2.41. The molecule has 0 bridgehead atoms. The zero-order valence-electron chi connectivity index (χ0n) is 13.9. The van der Waals surface area contributed by atoms with Crippen molar-refractivity contribution in [3.8, 4) is 0 Å². The third-order valence-corrected chi connectivity index (χ3v) is 2.69. The van der Waals surface area contributed by atoms with Gasteiger partial charge < -0.3 is 16.0 Å². The van der Waals surface area contributed by atoms with Crippen molar-refractivity contribution in [3.63, 3.8) is 0 Å². The van der Waals surface area contributed by atoms with Crippen LogP contribution >= 0.6 is 0 Å². The minimum absolute atomic E-state index is 0.0296. The number of nitrogens with zero attached hydrogens (tertiary/aromatic N) is 2. The molecule has 21 heavy (non-hydrogen) atoms. The normalized spacial score (nSPS) is 11.4. The molecule has 6 heteroatoms. The average molecular weight is 293 g/mol. The Morgan fingerprint density at radius 3 is 2.38 bits per heavy atom.